The van der Waals surface area contributed by atoms with Crippen LogP contribution in [-0.2, 0) is 0 Å². The van der Waals surface area contributed by atoms with Crippen LogP contribution in [0.3, 0.4) is 0 Å². The largest absolute Gasteiger partial charge is 0.384 e. The van der Waals surface area contributed by atoms with Crippen LogP contribution in [-0.4, -0.2) is 22.3 Å². The molecule has 2 aromatic carbocycles. The van der Waals surface area contributed by atoms with Crippen LogP contribution >= 0.6 is 0 Å². The molecule has 0 saturated heterocycles. The monoisotopic (exact) mass is 402 g/mol. The van der Waals surface area contributed by atoms with Crippen LogP contribution in [0, 0.1) is 13.8 Å². The Kier molecular flexibility index (Phi) is 4.46. The number of hydrogen-bond donors (Lipinski definition) is 3. The smallest absolute Gasteiger partial charge is 0.262 e. The van der Waals surface area contributed by atoms with Crippen molar-refractivity contribution in [2.24, 2.45) is 0 Å². The average molecular weight is 402 g/mol. The van der Waals surface area contributed by atoms with Crippen molar-refractivity contribution in [1.29, 1.82) is 0 Å². The van der Waals surface area contributed by atoms with Crippen molar-refractivity contribution >= 4 is 29.2 Å². The van der Waals surface area contributed by atoms with Crippen molar-refractivity contribution < 1.29 is 14.4 Å². The van der Waals surface area contributed by atoms with Crippen LogP contribution in [0.2, 0.25) is 0 Å². The zero-order chi connectivity index (χ0) is 21.6. The van der Waals surface area contributed by atoms with E-state index in [-0.39, 0.29) is 28.2 Å². The molecule has 8 heteroatoms. The van der Waals surface area contributed by atoms with Gasteiger partial charge in [-0.05, 0) is 49.2 Å². The van der Waals surface area contributed by atoms with E-state index in [0.29, 0.717) is 5.69 Å². The van der Waals surface area contributed by atoms with Crippen molar-refractivity contribution in [2.75, 3.05) is 11.1 Å². The molecule has 3 amide bonds. The lowest BCUT2D eigenvalue weighted by molar-refractivity contribution is 0.0879. The van der Waals surface area contributed by atoms with Gasteiger partial charge in [-0.2, -0.15) is 0 Å². The van der Waals surface area contributed by atoms with E-state index in [2.05, 4.69) is 10.6 Å². The predicted octanol–water partition coefficient (Wildman–Crippen LogP) is 2.17. The molecule has 150 valence electrons. The highest BCUT2D eigenvalue weighted by Crippen LogP contribution is 2.25. The summed E-state index contributed by atoms with van der Waals surface area (Å²) in [4.78, 5) is 49.7. The highest BCUT2D eigenvalue weighted by Gasteiger charge is 2.32. The first-order chi connectivity index (χ1) is 14.3. The number of hydrogen-bond acceptors (Lipinski definition) is 5. The third-order valence-electron chi connectivity index (χ3n) is 4.82. The zero-order valence-corrected chi connectivity index (χ0v) is 16.3. The number of aromatic nitrogens is 1. The lowest BCUT2D eigenvalue weighted by Crippen LogP contribution is -2.26. The molecule has 30 heavy (non-hydrogen) atoms. The van der Waals surface area contributed by atoms with Gasteiger partial charge in [-0.15, -0.1) is 0 Å². The number of nitrogens with zero attached hydrogens (tertiary/aromatic N) is 1. The normalized spacial score (nSPS) is 12.5. The molecule has 0 bridgehead atoms. The van der Waals surface area contributed by atoms with Crippen LogP contribution in [0.25, 0.3) is 5.69 Å². The Morgan fingerprint density at radius 2 is 1.63 bits per heavy atom. The third-order valence-corrected chi connectivity index (χ3v) is 4.82. The van der Waals surface area contributed by atoms with Crippen molar-refractivity contribution in [1.82, 2.24) is 9.88 Å². The van der Waals surface area contributed by atoms with Crippen molar-refractivity contribution in [3.8, 4) is 5.69 Å². The van der Waals surface area contributed by atoms with E-state index >= 15 is 0 Å². The van der Waals surface area contributed by atoms with E-state index < -0.39 is 23.3 Å². The number of nitrogens with two attached hydrogens (primary N) is 1. The first-order valence-corrected chi connectivity index (χ1v) is 9.16. The summed E-state index contributed by atoms with van der Waals surface area (Å²) in [6.07, 6.45) is 0. The summed E-state index contributed by atoms with van der Waals surface area (Å²) in [6, 6.07) is 13.1. The van der Waals surface area contributed by atoms with E-state index in [1.807, 2.05) is 32.0 Å². The molecular weight excluding hydrogens is 384 g/mol. The van der Waals surface area contributed by atoms with Crippen LogP contribution in [0.15, 0.2) is 53.3 Å². The second-order valence-electron chi connectivity index (χ2n) is 7.12. The molecule has 0 aliphatic carbocycles. The number of carbonyl (C=O) groups is 3. The maximum Gasteiger partial charge on any atom is 0.262 e. The zero-order valence-electron chi connectivity index (χ0n) is 16.3. The number of para-hydroxylation sites is 1. The topological polar surface area (TPSA) is 123 Å². The number of aryl methyl sites for hydroxylation is 2. The Morgan fingerprint density at radius 1 is 0.967 bits per heavy atom. The summed E-state index contributed by atoms with van der Waals surface area (Å²) >= 11 is 0. The molecule has 0 unspecified atom stereocenters. The highest BCUT2D eigenvalue weighted by molar-refractivity contribution is 6.23. The minimum absolute atomic E-state index is 0.0732. The number of imide groups is 1. The third kappa shape index (κ3) is 3.14. The molecule has 8 nitrogen and oxygen atoms in total. The van der Waals surface area contributed by atoms with Gasteiger partial charge in [-0.1, -0.05) is 18.2 Å². The predicted molar refractivity (Wildman–Crippen MR) is 112 cm³/mol. The number of fused-ring (bicyclic) bond motifs is 1. The van der Waals surface area contributed by atoms with Gasteiger partial charge in [0, 0.05) is 11.8 Å². The van der Waals surface area contributed by atoms with Gasteiger partial charge in [-0.25, -0.2) is 0 Å². The quantitative estimate of drug-likeness (QED) is 0.580. The number of pyridine rings is 1. The number of benzene rings is 2. The Morgan fingerprint density at radius 3 is 2.33 bits per heavy atom. The molecular formula is C22H18N4O4. The van der Waals surface area contributed by atoms with Gasteiger partial charge < -0.3 is 11.1 Å². The molecule has 0 saturated carbocycles. The fourth-order valence-corrected chi connectivity index (χ4v) is 3.63. The molecule has 0 atom stereocenters. The van der Waals surface area contributed by atoms with Gasteiger partial charge in [0.2, 0.25) is 0 Å². The van der Waals surface area contributed by atoms with Crippen LogP contribution < -0.4 is 21.9 Å². The maximum absolute atomic E-state index is 13.0. The number of rotatable bonds is 3. The molecule has 0 spiro atoms. The summed E-state index contributed by atoms with van der Waals surface area (Å²) in [6.45, 7) is 3.85. The molecule has 1 aliphatic heterocycles. The van der Waals surface area contributed by atoms with Gasteiger partial charge >= 0.3 is 0 Å². The van der Waals surface area contributed by atoms with Crippen molar-refractivity contribution in [2.45, 2.75) is 13.8 Å². The van der Waals surface area contributed by atoms with Crippen LogP contribution in [0.4, 0.5) is 11.5 Å². The first kappa shape index (κ1) is 19.1. The molecule has 1 aliphatic rings. The van der Waals surface area contributed by atoms with Crippen molar-refractivity contribution in [3.05, 3.63) is 86.7 Å². The molecule has 4 N–H and O–H groups in total. The van der Waals surface area contributed by atoms with Crippen LogP contribution in [0.1, 0.15) is 42.2 Å². The van der Waals surface area contributed by atoms with Gasteiger partial charge in [0.1, 0.15) is 5.82 Å². The second-order valence-corrected chi connectivity index (χ2v) is 7.12. The second kappa shape index (κ2) is 7.00. The SMILES string of the molecule is Cc1cc(C)cc(NC(=O)c2ccccc2-n2c(N)c3c(cc2=O)C(=O)NC3=O)c1. The summed E-state index contributed by atoms with van der Waals surface area (Å²) in [5.41, 5.74) is 8.32. The number of nitrogen functional groups attached to an aromatic ring is 1. The first-order valence-electron chi connectivity index (χ1n) is 9.16. The Hall–Kier alpha value is -4.20. The molecule has 2 heterocycles. The number of carbonyl (C=O) groups excluding carboxylic acids is 3. The summed E-state index contributed by atoms with van der Waals surface area (Å²) in [5.74, 6) is -2.00. The lowest BCUT2D eigenvalue weighted by atomic mass is 10.1. The Balaban J connectivity index is 1.83. The van der Waals surface area contributed by atoms with E-state index in [1.165, 1.54) is 0 Å². The standard InChI is InChI=1S/C22H18N4O4/c1-11-7-12(2)9-13(8-11)24-20(28)14-5-3-4-6-16(14)26-17(27)10-15-18(19(26)23)22(30)25-21(15)29/h3-10H,23H2,1-2H3,(H,24,28)(H,25,29,30). The maximum atomic E-state index is 13.0. The number of nitrogens with one attached hydrogen (secondary N) is 2. The van der Waals surface area contributed by atoms with E-state index in [0.717, 1.165) is 21.8 Å². The lowest BCUT2D eigenvalue weighted by Gasteiger charge is -2.16. The summed E-state index contributed by atoms with van der Waals surface area (Å²) in [5, 5.41) is 4.95. The fraction of sp³-hybridized carbons (Fsp3) is 0.0909. The minimum Gasteiger partial charge on any atom is -0.384 e. The van der Waals surface area contributed by atoms with Gasteiger partial charge in [0.05, 0.1) is 22.4 Å². The van der Waals surface area contributed by atoms with E-state index in [4.69, 9.17) is 5.73 Å². The summed E-state index contributed by atoms with van der Waals surface area (Å²) in [7, 11) is 0. The minimum atomic E-state index is -0.682. The van der Waals surface area contributed by atoms with Gasteiger partial charge in [-0.3, -0.25) is 29.1 Å². The van der Waals surface area contributed by atoms with Crippen molar-refractivity contribution in [3.63, 3.8) is 0 Å². The number of anilines is 2. The number of amides is 3. The fourth-order valence-electron chi connectivity index (χ4n) is 3.63. The Labute approximate surface area is 171 Å². The van der Waals surface area contributed by atoms with E-state index in [9.17, 15) is 19.2 Å². The van der Waals surface area contributed by atoms with Gasteiger partial charge in [0.25, 0.3) is 23.3 Å². The molecule has 0 radical (unpaired) electrons. The summed E-state index contributed by atoms with van der Waals surface area (Å²) < 4.78 is 1.06. The highest BCUT2D eigenvalue weighted by atomic mass is 16.2. The Bertz CT molecular complexity index is 1290. The van der Waals surface area contributed by atoms with E-state index in [1.54, 1.807) is 24.3 Å². The molecule has 4 rings (SSSR count). The molecule has 3 aromatic rings. The van der Waals surface area contributed by atoms with Gasteiger partial charge in [0.15, 0.2) is 0 Å². The van der Waals surface area contributed by atoms with Crippen LogP contribution in [0.5, 0.6) is 0 Å². The molecule has 0 fully saturated rings. The molecule has 1 aromatic heterocycles. The average Bonchev–Trinajstić information content (AvgIpc) is 2.94.